The normalized spacial score (nSPS) is 11.4. The van der Waals surface area contributed by atoms with Gasteiger partial charge in [0.05, 0.1) is 16.3 Å². The second kappa shape index (κ2) is 7.12. The first-order chi connectivity index (χ1) is 13.0. The van der Waals surface area contributed by atoms with Crippen molar-refractivity contribution < 1.29 is 4.39 Å². The lowest BCUT2D eigenvalue weighted by atomic mass is 10.0. The molecule has 0 saturated heterocycles. The Labute approximate surface area is 162 Å². The number of fused-ring (bicyclic) bond motifs is 1. The molecule has 0 aromatic heterocycles. The third-order valence-corrected chi connectivity index (χ3v) is 4.92. The Kier molecular flexibility index (Phi) is 4.66. The molecule has 2 aromatic rings. The third kappa shape index (κ3) is 3.58. The van der Waals surface area contributed by atoms with E-state index >= 15 is 0 Å². The van der Waals surface area contributed by atoms with Crippen LogP contribution in [0.1, 0.15) is 30.9 Å². The van der Waals surface area contributed by atoms with Crippen LogP contribution in [0.4, 0.5) is 4.39 Å². The van der Waals surface area contributed by atoms with Crippen molar-refractivity contribution in [1.82, 2.24) is 14.5 Å². The van der Waals surface area contributed by atoms with Crippen LogP contribution in [0.2, 0.25) is 5.02 Å². The highest BCUT2D eigenvalue weighted by Gasteiger charge is 2.17. The second-order valence-electron chi connectivity index (χ2n) is 6.93. The minimum absolute atomic E-state index is 0.0706. The van der Waals surface area contributed by atoms with E-state index < -0.39 is 5.82 Å². The Balaban J connectivity index is 1.63. The highest BCUT2D eigenvalue weighted by atomic mass is 35.5. The van der Waals surface area contributed by atoms with Crippen LogP contribution >= 0.6 is 11.6 Å². The van der Waals surface area contributed by atoms with Gasteiger partial charge in [0, 0.05) is 18.9 Å². The summed E-state index contributed by atoms with van der Waals surface area (Å²) in [5.41, 5.74) is 4.31. The standard InChI is InChI=1S/C22H19ClFN3/c1-14(2)16-8-6-15(7-9-16)12-27-11-10-19-20(13-27)26-22(25-19)17-4-3-5-18(23)21(17)24/h3-11,13-14H,12H2,1-2H3. The summed E-state index contributed by atoms with van der Waals surface area (Å²) in [6.07, 6.45) is 3.90. The Morgan fingerprint density at radius 1 is 1.00 bits per heavy atom. The first kappa shape index (κ1) is 17.7. The van der Waals surface area contributed by atoms with Crippen molar-refractivity contribution in [3.63, 3.8) is 0 Å². The zero-order chi connectivity index (χ0) is 19.0. The summed E-state index contributed by atoms with van der Waals surface area (Å²) < 4.78 is 16.3. The van der Waals surface area contributed by atoms with E-state index in [0.29, 0.717) is 17.3 Å². The largest absolute Gasteiger partial charge is 0.348 e. The van der Waals surface area contributed by atoms with Gasteiger partial charge in [-0.3, -0.25) is 0 Å². The summed E-state index contributed by atoms with van der Waals surface area (Å²) in [6.45, 7) is 5.11. The van der Waals surface area contributed by atoms with Gasteiger partial charge in [-0.1, -0.05) is 55.8 Å². The van der Waals surface area contributed by atoms with E-state index in [9.17, 15) is 4.39 Å². The van der Waals surface area contributed by atoms with E-state index in [1.165, 1.54) is 17.2 Å². The summed E-state index contributed by atoms with van der Waals surface area (Å²) in [7, 11) is 0. The number of halogens is 2. The number of benzene rings is 2. The number of aromatic nitrogens is 3. The summed E-state index contributed by atoms with van der Waals surface area (Å²) in [5.74, 6) is 0.379. The molecule has 27 heavy (non-hydrogen) atoms. The Hall–Kier alpha value is -2.72. The maximum Gasteiger partial charge on any atom is 0.163 e. The van der Waals surface area contributed by atoms with E-state index in [0.717, 1.165) is 17.9 Å². The minimum atomic E-state index is -0.493. The second-order valence-corrected chi connectivity index (χ2v) is 7.34. The van der Waals surface area contributed by atoms with Gasteiger partial charge < -0.3 is 4.57 Å². The SMILES string of the molecule is CC(C)c1ccc(Cn2ccc3nc(-c4cccc(Cl)c4F)nc-3c2)cc1. The van der Waals surface area contributed by atoms with Crippen molar-refractivity contribution >= 4 is 11.6 Å². The number of imidazole rings is 1. The number of rotatable bonds is 4. The molecule has 2 aliphatic heterocycles. The van der Waals surface area contributed by atoms with Crippen molar-refractivity contribution in [3.8, 4) is 22.8 Å². The first-order valence-electron chi connectivity index (χ1n) is 8.88. The predicted molar refractivity (Wildman–Crippen MR) is 107 cm³/mol. The van der Waals surface area contributed by atoms with Crippen LogP contribution < -0.4 is 0 Å². The highest BCUT2D eigenvalue weighted by molar-refractivity contribution is 6.31. The first-order valence-corrected chi connectivity index (χ1v) is 9.26. The fourth-order valence-corrected chi connectivity index (χ4v) is 3.24. The van der Waals surface area contributed by atoms with E-state index in [2.05, 4.69) is 52.6 Å². The number of hydrogen-bond acceptors (Lipinski definition) is 2. The van der Waals surface area contributed by atoms with Gasteiger partial charge in [-0.2, -0.15) is 0 Å². The molecule has 0 atom stereocenters. The van der Waals surface area contributed by atoms with Crippen LogP contribution in [0.5, 0.6) is 0 Å². The van der Waals surface area contributed by atoms with Gasteiger partial charge in [0.2, 0.25) is 0 Å². The van der Waals surface area contributed by atoms with Crippen LogP contribution in [-0.2, 0) is 6.54 Å². The van der Waals surface area contributed by atoms with Crippen LogP contribution in [0.3, 0.4) is 0 Å². The smallest absolute Gasteiger partial charge is 0.163 e. The molecule has 2 aliphatic rings. The monoisotopic (exact) mass is 379 g/mol. The molecule has 0 unspecified atom stereocenters. The van der Waals surface area contributed by atoms with Crippen LogP contribution in [0.15, 0.2) is 60.9 Å². The number of nitrogens with zero attached hydrogens (tertiary/aromatic N) is 3. The molecule has 3 nitrogen and oxygen atoms in total. The lowest BCUT2D eigenvalue weighted by Gasteiger charge is -2.10. The molecule has 0 amide bonds. The van der Waals surface area contributed by atoms with Gasteiger partial charge in [-0.05, 0) is 35.2 Å². The average molecular weight is 380 g/mol. The summed E-state index contributed by atoms with van der Waals surface area (Å²) >= 11 is 5.87. The van der Waals surface area contributed by atoms with E-state index in [4.69, 9.17) is 11.6 Å². The molecule has 136 valence electrons. The fourth-order valence-electron chi connectivity index (χ4n) is 3.07. The zero-order valence-electron chi connectivity index (χ0n) is 15.2. The molecule has 0 spiro atoms. The summed E-state index contributed by atoms with van der Waals surface area (Å²) in [4.78, 5) is 8.93. The minimum Gasteiger partial charge on any atom is -0.348 e. The molecule has 0 N–H and O–H groups in total. The maximum atomic E-state index is 14.3. The Bertz CT molecular complexity index is 1050. The van der Waals surface area contributed by atoms with Crippen LogP contribution in [0.25, 0.3) is 22.8 Å². The van der Waals surface area contributed by atoms with Crippen LogP contribution in [-0.4, -0.2) is 14.5 Å². The highest BCUT2D eigenvalue weighted by Crippen LogP contribution is 2.29. The molecular formula is C22H19ClFN3. The van der Waals surface area contributed by atoms with Gasteiger partial charge in [0.1, 0.15) is 5.69 Å². The van der Waals surface area contributed by atoms with Crippen LogP contribution in [0, 0.1) is 5.82 Å². The number of hydrogen-bond donors (Lipinski definition) is 0. The third-order valence-electron chi connectivity index (χ3n) is 4.63. The van der Waals surface area contributed by atoms with Crippen molar-refractivity contribution in [2.24, 2.45) is 0 Å². The van der Waals surface area contributed by atoms with E-state index in [1.807, 2.05) is 18.5 Å². The van der Waals surface area contributed by atoms with Crippen molar-refractivity contribution in [1.29, 1.82) is 0 Å². The molecular weight excluding hydrogens is 361 g/mol. The molecule has 4 rings (SSSR count). The quantitative estimate of drug-likeness (QED) is 0.434. The van der Waals surface area contributed by atoms with Gasteiger partial charge in [0.25, 0.3) is 0 Å². The molecule has 0 bridgehead atoms. The van der Waals surface area contributed by atoms with Crippen molar-refractivity contribution in [3.05, 3.63) is 82.9 Å². The van der Waals surface area contributed by atoms with Crippen molar-refractivity contribution in [2.75, 3.05) is 0 Å². The fraction of sp³-hybridized carbons (Fsp3) is 0.182. The molecule has 2 aromatic carbocycles. The maximum absolute atomic E-state index is 14.3. The predicted octanol–water partition coefficient (Wildman–Crippen LogP) is 6.01. The summed E-state index contributed by atoms with van der Waals surface area (Å²) in [6, 6.07) is 15.4. The molecule has 0 radical (unpaired) electrons. The molecule has 5 heteroatoms. The molecule has 0 aliphatic carbocycles. The molecule has 0 saturated carbocycles. The van der Waals surface area contributed by atoms with E-state index in [1.54, 1.807) is 12.1 Å². The molecule has 0 fully saturated rings. The van der Waals surface area contributed by atoms with Gasteiger partial charge in [0.15, 0.2) is 11.6 Å². The van der Waals surface area contributed by atoms with Gasteiger partial charge >= 0.3 is 0 Å². The Morgan fingerprint density at radius 2 is 1.74 bits per heavy atom. The van der Waals surface area contributed by atoms with E-state index in [-0.39, 0.29) is 5.02 Å². The number of pyridine rings is 1. The van der Waals surface area contributed by atoms with Gasteiger partial charge in [-0.25, -0.2) is 14.4 Å². The summed E-state index contributed by atoms with van der Waals surface area (Å²) in [5, 5.41) is 0.0706. The zero-order valence-corrected chi connectivity index (χ0v) is 15.9. The van der Waals surface area contributed by atoms with Gasteiger partial charge in [-0.15, -0.1) is 0 Å². The lowest BCUT2D eigenvalue weighted by Crippen LogP contribution is -2.01. The Morgan fingerprint density at radius 3 is 2.48 bits per heavy atom. The van der Waals surface area contributed by atoms with Crippen molar-refractivity contribution in [2.45, 2.75) is 26.3 Å². The average Bonchev–Trinajstić information content (AvgIpc) is 3.07. The lowest BCUT2D eigenvalue weighted by molar-refractivity contribution is 0.630. The molecule has 2 heterocycles. The topological polar surface area (TPSA) is 30.7 Å².